The second-order valence-corrected chi connectivity index (χ2v) is 8.63. The molecule has 1 aliphatic carbocycles. The highest BCUT2D eigenvalue weighted by atomic mass is 16.5. The third kappa shape index (κ3) is 3.66. The maximum atomic E-state index is 13.2. The van der Waals surface area contributed by atoms with E-state index in [4.69, 9.17) is 4.74 Å². The van der Waals surface area contributed by atoms with Crippen LogP contribution in [0.5, 0.6) is 5.88 Å². The minimum Gasteiger partial charge on any atom is -0.481 e. The summed E-state index contributed by atoms with van der Waals surface area (Å²) >= 11 is 0. The summed E-state index contributed by atoms with van der Waals surface area (Å²) in [6.45, 7) is 10.3. The molecule has 1 fully saturated rings. The van der Waals surface area contributed by atoms with Gasteiger partial charge in [-0.3, -0.25) is 9.59 Å². The van der Waals surface area contributed by atoms with E-state index >= 15 is 0 Å². The molecule has 1 heterocycles. The molecule has 150 valence electrons. The van der Waals surface area contributed by atoms with E-state index < -0.39 is 10.8 Å². The van der Waals surface area contributed by atoms with Crippen LogP contribution in [0.4, 0.5) is 0 Å². The Hall–Kier alpha value is -2.11. The van der Waals surface area contributed by atoms with E-state index in [1.165, 1.54) is 0 Å². The summed E-state index contributed by atoms with van der Waals surface area (Å²) in [6.07, 6.45) is 1.42. The lowest BCUT2D eigenvalue weighted by Crippen LogP contribution is -2.49. The lowest BCUT2D eigenvalue weighted by molar-refractivity contribution is -0.142. The largest absolute Gasteiger partial charge is 0.481 e. The molecule has 0 aromatic carbocycles. The zero-order valence-corrected chi connectivity index (χ0v) is 17.9. The Bertz CT molecular complexity index is 742. The molecule has 27 heavy (non-hydrogen) atoms. The summed E-state index contributed by atoms with van der Waals surface area (Å²) in [5.41, 5.74) is 1.77. The summed E-state index contributed by atoms with van der Waals surface area (Å²) in [5, 5.41) is 3.08. The Labute approximate surface area is 162 Å². The predicted octanol–water partition coefficient (Wildman–Crippen LogP) is 2.85. The summed E-state index contributed by atoms with van der Waals surface area (Å²) in [7, 11) is 5.13. The lowest BCUT2D eigenvalue weighted by Gasteiger charge is -2.40. The summed E-state index contributed by atoms with van der Waals surface area (Å²) in [4.78, 5) is 31.8. The zero-order valence-electron chi connectivity index (χ0n) is 17.9. The predicted molar refractivity (Wildman–Crippen MR) is 105 cm³/mol. The molecule has 1 aromatic heterocycles. The van der Waals surface area contributed by atoms with Crippen LogP contribution in [-0.4, -0.2) is 42.9 Å². The first-order valence-electron chi connectivity index (χ1n) is 9.46. The van der Waals surface area contributed by atoms with E-state index in [1.807, 2.05) is 40.7 Å². The van der Waals surface area contributed by atoms with Crippen molar-refractivity contribution in [3.63, 3.8) is 0 Å². The first kappa shape index (κ1) is 21.2. The molecule has 6 heteroatoms. The number of carbonyl (C=O) groups excluding carboxylic acids is 2. The average molecular weight is 376 g/mol. The second-order valence-electron chi connectivity index (χ2n) is 8.63. The number of pyridine rings is 1. The van der Waals surface area contributed by atoms with E-state index in [2.05, 4.69) is 10.3 Å². The van der Waals surface area contributed by atoms with Crippen molar-refractivity contribution in [3.8, 4) is 5.88 Å². The molecule has 0 radical (unpaired) electrons. The van der Waals surface area contributed by atoms with E-state index in [-0.39, 0.29) is 17.7 Å². The molecule has 0 saturated heterocycles. The zero-order chi connectivity index (χ0) is 20.6. The van der Waals surface area contributed by atoms with Crippen molar-refractivity contribution in [1.82, 2.24) is 15.2 Å². The van der Waals surface area contributed by atoms with E-state index in [0.29, 0.717) is 18.8 Å². The fourth-order valence-corrected chi connectivity index (χ4v) is 4.23. The van der Waals surface area contributed by atoms with Crippen molar-refractivity contribution in [1.29, 1.82) is 0 Å². The summed E-state index contributed by atoms with van der Waals surface area (Å²) in [5.74, 6) is 0.463. The Balaban J connectivity index is 2.20. The highest BCUT2D eigenvalue weighted by Gasteiger charge is 2.58. The molecule has 1 N–H and O–H groups in total. The van der Waals surface area contributed by atoms with Gasteiger partial charge in [0.2, 0.25) is 17.7 Å². The van der Waals surface area contributed by atoms with E-state index in [0.717, 1.165) is 23.2 Å². The molecule has 1 aliphatic rings. The van der Waals surface area contributed by atoms with Gasteiger partial charge in [-0.15, -0.1) is 0 Å². The quantitative estimate of drug-likeness (QED) is 0.859. The van der Waals surface area contributed by atoms with E-state index in [1.54, 1.807) is 26.1 Å². The number of rotatable bonds is 5. The normalized spacial score (nSPS) is 23.8. The number of amides is 2. The monoisotopic (exact) mass is 375 g/mol. The van der Waals surface area contributed by atoms with Crippen LogP contribution in [-0.2, 0) is 16.1 Å². The van der Waals surface area contributed by atoms with Crippen molar-refractivity contribution in [2.45, 2.75) is 54.0 Å². The smallest absolute Gasteiger partial charge is 0.226 e. The van der Waals surface area contributed by atoms with Gasteiger partial charge in [-0.2, -0.15) is 0 Å². The van der Waals surface area contributed by atoms with Crippen LogP contribution in [0.3, 0.4) is 0 Å². The molecular formula is C21H33N3O3. The molecule has 0 aliphatic heterocycles. The van der Waals surface area contributed by atoms with Crippen LogP contribution in [0.15, 0.2) is 6.07 Å². The topological polar surface area (TPSA) is 71.5 Å². The standard InChI is InChI=1S/C21H33N3O3/c1-13-11-14(2)23-17(27-8)15(13)12-22-19(26)21(5)10-9-16(20(21,3)4)18(25)24(6)7/h11,16H,9-10,12H2,1-8H3,(H,22,26)/t16-,21+/m0/s1. The molecule has 1 saturated carbocycles. The molecule has 0 bridgehead atoms. The Morgan fingerprint density at radius 2 is 1.93 bits per heavy atom. The van der Waals surface area contributed by atoms with Crippen molar-refractivity contribution in [2.75, 3.05) is 21.2 Å². The maximum absolute atomic E-state index is 13.2. The van der Waals surface area contributed by atoms with Gasteiger partial charge in [0.25, 0.3) is 0 Å². The van der Waals surface area contributed by atoms with Crippen molar-refractivity contribution < 1.29 is 14.3 Å². The number of ether oxygens (including phenoxy) is 1. The number of carbonyl (C=O) groups is 2. The van der Waals surface area contributed by atoms with Gasteiger partial charge in [-0.05, 0) is 43.7 Å². The molecule has 6 nitrogen and oxygen atoms in total. The van der Waals surface area contributed by atoms with Crippen LogP contribution >= 0.6 is 0 Å². The molecular weight excluding hydrogens is 342 g/mol. The molecule has 2 atom stereocenters. The van der Waals surface area contributed by atoms with Gasteiger partial charge in [-0.1, -0.05) is 20.8 Å². The van der Waals surface area contributed by atoms with Gasteiger partial charge in [0.05, 0.1) is 12.5 Å². The SMILES string of the molecule is COc1nc(C)cc(C)c1CNC(=O)[C@@]1(C)CC[C@@H](C(=O)N(C)C)C1(C)C. The fourth-order valence-electron chi connectivity index (χ4n) is 4.23. The van der Waals surface area contributed by atoms with Crippen molar-refractivity contribution in [3.05, 3.63) is 22.9 Å². The van der Waals surface area contributed by atoms with Gasteiger partial charge in [0.1, 0.15) is 0 Å². The number of hydrogen-bond acceptors (Lipinski definition) is 4. The highest BCUT2D eigenvalue weighted by molar-refractivity contribution is 5.87. The van der Waals surface area contributed by atoms with Crippen LogP contribution < -0.4 is 10.1 Å². The number of aromatic nitrogens is 1. The number of hydrogen-bond donors (Lipinski definition) is 1. The van der Waals surface area contributed by atoms with Crippen LogP contribution in [0.25, 0.3) is 0 Å². The lowest BCUT2D eigenvalue weighted by atomic mass is 9.65. The van der Waals surface area contributed by atoms with Crippen molar-refractivity contribution >= 4 is 11.8 Å². The van der Waals surface area contributed by atoms with E-state index in [9.17, 15) is 9.59 Å². The Morgan fingerprint density at radius 3 is 2.48 bits per heavy atom. The molecule has 2 rings (SSSR count). The van der Waals surface area contributed by atoms with Gasteiger partial charge < -0.3 is 15.0 Å². The van der Waals surface area contributed by atoms with Crippen LogP contribution in [0, 0.1) is 30.6 Å². The van der Waals surface area contributed by atoms with Gasteiger partial charge in [0, 0.05) is 37.8 Å². The molecule has 0 spiro atoms. The van der Waals surface area contributed by atoms with Gasteiger partial charge in [-0.25, -0.2) is 4.98 Å². The third-order valence-electron chi connectivity index (χ3n) is 6.52. The Morgan fingerprint density at radius 1 is 1.30 bits per heavy atom. The average Bonchev–Trinajstić information content (AvgIpc) is 2.83. The van der Waals surface area contributed by atoms with Gasteiger partial charge in [0.15, 0.2) is 0 Å². The summed E-state index contributed by atoms with van der Waals surface area (Å²) < 4.78 is 5.39. The van der Waals surface area contributed by atoms with Crippen LogP contribution in [0.2, 0.25) is 0 Å². The third-order valence-corrected chi connectivity index (χ3v) is 6.52. The number of nitrogens with zero attached hydrogens (tertiary/aromatic N) is 2. The highest BCUT2D eigenvalue weighted by Crippen LogP contribution is 2.56. The minimum absolute atomic E-state index is 0.0245. The first-order valence-corrected chi connectivity index (χ1v) is 9.46. The summed E-state index contributed by atoms with van der Waals surface area (Å²) in [6, 6.07) is 1.98. The van der Waals surface area contributed by atoms with Crippen molar-refractivity contribution in [2.24, 2.45) is 16.7 Å². The minimum atomic E-state index is -0.609. The maximum Gasteiger partial charge on any atom is 0.226 e. The Kier molecular flexibility index (Phi) is 5.88. The number of aryl methyl sites for hydroxylation is 2. The van der Waals surface area contributed by atoms with Gasteiger partial charge >= 0.3 is 0 Å². The fraction of sp³-hybridized carbons (Fsp3) is 0.667. The molecule has 0 unspecified atom stereocenters. The molecule has 2 amide bonds. The number of methoxy groups -OCH3 is 1. The molecule has 1 aromatic rings. The number of nitrogens with one attached hydrogen (secondary N) is 1. The first-order chi connectivity index (χ1) is 12.5. The second kappa shape index (κ2) is 7.49. The van der Waals surface area contributed by atoms with Crippen LogP contribution in [0.1, 0.15) is 50.4 Å².